The maximum atomic E-state index is 3.43. The Kier molecular flexibility index (Phi) is 17.6. The quantitative estimate of drug-likeness (QED) is 0.140. The monoisotopic (exact) mass is 904 g/mol. The van der Waals surface area contributed by atoms with Gasteiger partial charge in [-0.25, -0.2) is 6.08 Å². The summed E-state index contributed by atoms with van der Waals surface area (Å²) >= 11 is 1.46. The first-order valence-electron chi connectivity index (χ1n) is 21.0. The summed E-state index contributed by atoms with van der Waals surface area (Å²) in [7, 11) is 0. The minimum absolute atomic E-state index is 0. The van der Waals surface area contributed by atoms with Gasteiger partial charge in [0.1, 0.15) is 0 Å². The van der Waals surface area contributed by atoms with Crippen molar-refractivity contribution in [2.24, 2.45) is 11.3 Å². The zero-order valence-electron chi connectivity index (χ0n) is 37.2. The molecule has 1 unspecified atom stereocenters. The molecule has 0 nitrogen and oxygen atoms in total. The number of rotatable bonds is 7. The number of hydrogen-bond donors (Lipinski definition) is 0. The third-order valence-corrected chi connectivity index (χ3v) is 12.7. The molecule has 1 atom stereocenters. The van der Waals surface area contributed by atoms with Gasteiger partial charge in [-0.3, -0.25) is 6.08 Å². The second-order valence-corrected chi connectivity index (χ2v) is 18.6. The van der Waals surface area contributed by atoms with Gasteiger partial charge in [-0.2, -0.15) is 11.6 Å². The van der Waals surface area contributed by atoms with E-state index in [2.05, 4.69) is 215 Å². The summed E-state index contributed by atoms with van der Waals surface area (Å²) in [5.41, 5.74) is 17.8. The predicted molar refractivity (Wildman–Crippen MR) is 251 cm³/mol. The molecule has 0 fully saturated rings. The van der Waals surface area contributed by atoms with E-state index in [1.165, 1.54) is 141 Å². The van der Waals surface area contributed by atoms with Crippen LogP contribution >= 0.6 is 0 Å². The maximum absolute atomic E-state index is 3.43. The Balaban J connectivity index is 0.000000228. The second kappa shape index (κ2) is 21.7. The molecule has 60 heavy (non-hydrogen) atoms. The molecule has 0 saturated carbocycles. The summed E-state index contributed by atoms with van der Waals surface area (Å²) in [5.74, 6) is 0.592. The molecule has 308 valence electrons. The van der Waals surface area contributed by atoms with Crippen LogP contribution in [0.25, 0.3) is 43.8 Å². The molecular formula is C57H60Cl2Zr-2. The van der Waals surface area contributed by atoms with Crippen LogP contribution in [0.3, 0.4) is 0 Å². The Labute approximate surface area is 388 Å². The minimum atomic E-state index is 0. The first-order chi connectivity index (χ1) is 27.7. The van der Waals surface area contributed by atoms with E-state index in [9.17, 15) is 0 Å². The number of hydrogen-bond acceptors (Lipinski definition) is 0. The van der Waals surface area contributed by atoms with Crippen molar-refractivity contribution in [3.63, 3.8) is 0 Å². The van der Waals surface area contributed by atoms with Crippen molar-refractivity contribution in [2.75, 3.05) is 0 Å². The molecule has 8 rings (SSSR count). The van der Waals surface area contributed by atoms with Gasteiger partial charge in [-0.1, -0.05) is 129 Å². The van der Waals surface area contributed by atoms with E-state index in [0.717, 1.165) is 0 Å². The van der Waals surface area contributed by atoms with Gasteiger partial charge in [0, 0.05) is 0 Å². The van der Waals surface area contributed by atoms with E-state index in [1.807, 2.05) is 0 Å². The van der Waals surface area contributed by atoms with Crippen molar-refractivity contribution in [3.05, 3.63) is 196 Å². The van der Waals surface area contributed by atoms with Crippen molar-refractivity contribution in [1.82, 2.24) is 0 Å². The summed E-state index contributed by atoms with van der Waals surface area (Å²) in [6.07, 6.45) is 11.9. The van der Waals surface area contributed by atoms with E-state index >= 15 is 0 Å². The van der Waals surface area contributed by atoms with Gasteiger partial charge in [0.25, 0.3) is 0 Å². The summed E-state index contributed by atoms with van der Waals surface area (Å²) in [5, 5.41) is 5.32. The first kappa shape index (κ1) is 48.7. The molecule has 0 spiro atoms. The summed E-state index contributed by atoms with van der Waals surface area (Å²) in [6, 6.07) is 46.5. The summed E-state index contributed by atoms with van der Waals surface area (Å²) < 4.78 is 1.42. The van der Waals surface area contributed by atoms with Crippen LogP contribution in [0.2, 0.25) is 0 Å². The van der Waals surface area contributed by atoms with Crippen LogP contribution in [0.4, 0.5) is 0 Å². The van der Waals surface area contributed by atoms with Gasteiger partial charge in [0.15, 0.2) is 0 Å². The zero-order valence-corrected chi connectivity index (χ0v) is 41.2. The molecule has 0 amide bonds. The Hall–Kier alpha value is -4.00. The molecule has 0 radical (unpaired) electrons. The third kappa shape index (κ3) is 11.9. The van der Waals surface area contributed by atoms with Crippen molar-refractivity contribution < 1.29 is 49.0 Å². The zero-order chi connectivity index (χ0) is 41.6. The van der Waals surface area contributed by atoms with Crippen LogP contribution < -0.4 is 24.8 Å². The molecule has 0 N–H and O–H groups in total. The molecule has 7 aromatic carbocycles. The fourth-order valence-electron chi connectivity index (χ4n) is 8.55. The molecule has 0 heterocycles. The van der Waals surface area contributed by atoms with Crippen LogP contribution in [0.5, 0.6) is 0 Å². The number of halogens is 2. The van der Waals surface area contributed by atoms with Gasteiger partial charge in [0.05, 0.1) is 0 Å². The SMILES string of the molecule is CCCCC1[C-]=CC(C(C)(C)C)=C1.Cc1cc(C)c(-c2ccc3c(c2)[cH-]c2cc(-c4c(C)cc(C)cc4C)ccc23)c(C)c1.[Cl-].[Cl-].[Zr+2]=[C](c1ccccc1)c1ccccc1. The second-order valence-electron chi connectivity index (χ2n) is 17.3. The number of allylic oxidation sites excluding steroid dienone is 4. The average molecular weight is 907 g/mol. The molecule has 1 aliphatic rings. The fraction of sp³-hybridized carbons (Fsp3) is 0.263. The number of fused-ring (bicyclic) bond motifs is 3. The van der Waals surface area contributed by atoms with Crippen LogP contribution in [0, 0.1) is 59.0 Å². The van der Waals surface area contributed by atoms with E-state index in [-0.39, 0.29) is 24.8 Å². The van der Waals surface area contributed by atoms with Crippen LogP contribution in [0.15, 0.2) is 145 Å². The Bertz CT molecular complexity index is 2400. The topological polar surface area (TPSA) is 0 Å². The van der Waals surface area contributed by atoms with Gasteiger partial charge in [0.2, 0.25) is 0 Å². The molecular weight excluding hydrogens is 847 g/mol. The third-order valence-electron chi connectivity index (χ3n) is 11.3. The summed E-state index contributed by atoms with van der Waals surface area (Å²) in [4.78, 5) is 0. The number of aryl methyl sites for hydroxylation is 6. The average Bonchev–Trinajstić information content (AvgIpc) is 3.82. The van der Waals surface area contributed by atoms with E-state index in [1.54, 1.807) is 0 Å². The Morgan fingerprint density at radius 3 is 1.38 bits per heavy atom. The number of unbranched alkanes of at least 4 members (excludes halogenated alkanes) is 1. The first-order valence-corrected chi connectivity index (χ1v) is 22.3. The number of benzene rings is 6. The summed E-state index contributed by atoms with van der Waals surface area (Å²) in [6.45, 7) is 22.3. The van der Waals surface area contributed by atoms with Crippen LogP contribution in [-0.4, -0.2) is 3.21 Å². The molecule has 0 aliphatic heterocycles. The van der Waals surface area contributed by atoms with Crippen LogP contribution in [-0.2, 0) is 24.2 Å². The molecule has 3 heteroatoms. The van der Waals surface area contributed by atoms with Crippen molar-refractivity contribution >= 4 is 24.8 Å². The predicted octanol–water partition coefficient (Wildman–Crippen LogP) is 9.84. The van der Waals surface area contributed by atoms with Crippen molar-refractivity contribution in [3.8, 4) is 22.3 Å². The van der Waals surface area contributed by atoms with E-state index < -0.39 is 0 Å². The van der Waals surface area contributed by atoms with E-state index in [0.29, 0.717) is 11.3 Å². The molecule has 0 aromatic heterocycles. The van der Waals surface area contributed by atoms with Crippen molar-refractivity contribution in [1.29, 1.82) is 0 Å². The Morgan fingerprint density at radius 2 is 1.02 bits per heavy atom. The molecule has 7 aromatic rings. The molecule has 0 saturated heterocycles. The van der Waals surface area contributed by atoms with Gasteiger partial charge < -0.3 is 24.8 Å². The molecule has 1 aliphatic carbocycles. The normalized spacial score (nSPS) is 13.1. The van der Waals surface area contributed by atoms with Gasteiger partial charge in [-0.05, 0) is 74.9 Å². The Morgan fingerprint density at radius 1 is 0.600 bits per heavy atom. The fourth-order valence-corrected chi connectivity index (χ4v) is 9.37. The van der Waals surface area contributed by atoms with Gasteiger partial charge in [-0.15, -0.1) is 39.7 Å². The van der Waals surface area contributed by atoms with Gasteiger partial charge >= 0.3 is 99.2 Å². The molecule has 0 bridgehead atoms. The van der Waals surface area contributed by atoms with E-state index in [4.69, 9.17) is 0 Å². The van der Waals surface area contributed by atoms with Crippen LogP contribution in [0.1, 0.15) is 91.5 Å². The standard InChI is InChI=1S/C31H29.C13H10.C13H21.2ClH.Zr/c1-18-11-20(3)30(21(4)12-18)24-7-9-28-26(15-24)17-27-16-25(8-10-29(27)28)31-22(5)13-19(2)14-23(31)6;1-3-7-12(8-4-1)11-13-9-5-2-6-10-13;1-5-6-7-11-8-9-12(10-11)13(2,3)4;;;/h7-17H,1-6H3;1-10H;9-11H,5-7H2,1-4H3;2*1H;/q-1;;-1;;;+2/p-2. The van der Waals surface area contributed by atoms with Crippen molar-refractivity contribution in [2.45, 2.75) is 88.5 Å².